The van der Waals surface area contributed by atoms with Crippen LogP contribution in [0.25, 0.3) is 0 Å². The van der Waals surface area contributed by atoms with Gasteiger partial charge in [0.05, 0.1) is 6.54 Å². The minimum atomic E-state index is -0.446. The summed E-state index contributed by atoms with van der Waals surface area (Å²) in [4.78, 5) is 32.5. The van der Waals surface area contributed by atoms with Crippen LogP contribution in [0.5, 0.6) is 0 Å². The fraction of sp³-hybridized carbons (Fsp3) is 0.100. The van der Waals surface area contributed by atoms with E-state index in [-0.39, 0.29) is 12.3 Å². The Morgan fingerprint density at radius 1 is 1.31 bits per heavy atom. The first-order chi connectivity index (χ1) is 7.63. The van der Waals surface area contributed by atoms with Crippen LogP contribution in [-0.2, 0) is 4.79 Å². The van der Waals surface area contributed by atoms with Gasteiger partial charge < -0.3 is 5.32 Å². The normalized spacial score (nSPS) is 10.3. The summed E-state index contributed by atoms with van der Waals surface area (Å²) in [6, 6.07) is 7.37. The standard InChI is InChI=1S/C10H9BrNO3P/c11-8-3-1-7(2-4-8)9(14)5-12-10(15)16-6-13/h1-4,6,16H,5H2,(H,12,15). The van der Waals surface area contributed by atoms with E-state index in [0.717, 1.165) is 4.47 Å². The van der Waals surface area contributed by atoms with E-state index in [1.807, 2.05) is 0 Å². The van der Waals surface area contributed by atoms with Crippen molar-refractivity contribution in [3.8, 4) is 0 Å². The summed E-state index contributed by atoms with van der Waals surface area (Å²) in [5.74, 6) is -0.184. The van der Waals surface area contributed by atoms with Gasteiger partial charge in [-0.2, -0.15) is 0 Å². The Balaban J connectivity index is 2.49. The summed E-state index contributed by atoms with van der Waals surface area (Å²) in [5, 5.41) is 2.38. The predicted molar refractivity (Wildman–Crippen MR) is 66.9 cm³/mol. The Bertz CT molecular complexity index is 405. The molecule has 0 aromatic heterocycles. The number of carbonyl (C=O) groups is 3. The highest BCUT2D eigenvalue weighted by Gasteiger charge is 2.07. The fourth-order valence-electron chi connectivity index (χ4n) is 1.00. The van der Waals surface area contributed by atoms with Crippen LogP contribution in [0, 0.1) is 0 Å². The molecule has 16 heavy (non-hydrogen) atoms. The second-order valence-corrected chi connectivity index (χ2v) is 4.77. The predicted octanol–water partition coefficient (Wildman–Crippen LogP) is 2.21. The molecule has 0 fully saturated rings. The Labute approximate surface area is 103 Å². The lowest BCUT2D eigenvalue weighted by Gasteiger charge is -2.02. The van der Waals surface area contributed by atoms with Crippen molar-refractivity contribution in [3.63, 3.8) is 0 Å². The van der Waals surface area contributed by atoms with Crippen molar-refractivity contribution in [1.82, 2.24) is 5.32 Å². The molecular weight excluding hydrogens is 293 g/mol. The third-order valence-corrected chi connectivity index (χ3v) is 2.85. The molecule has 0 saturated heterocycles. The Hall–Kier alpha value is -1.06. The molecule has 0 aliphatic carbocycles. The molecular formula is C10H9BrNO3P. The minimum Gasteiger partial charge on any atom is -0.345 e. The molecule has 1 atom stereocenters. The van der Waals surface area contributed by atoms with Gasteiger partial charge in [-0.05, 0) is 12.1 Å². The van der Waals surface area contributed by atoms with Crippen LogP contribution < -0.4 is 5.32 Å². The van der Waals surface area contributed by atoms with E-state index < -0.39 is 14.2 Å². The number of carbonyl (C=O) groups excluding carboxylic acids is 3. The number of hydrogen-bond acceptors (Lipinski definition) is 3. The van der Waals surface area contributed by atoms with Gasteiger partial charge in [0.2, 0.25) is 5.65 Å². The minimum absolute atomic E-state index is 0.0820. The lowest BCUT2D eigenvalue weighted by Crippen LogP contribution is -2.25. The Morgan fingerprint density at radius 2 is 1.94 bits per heavy atom. The van der Waals surface area contributed by atoms with Gasteiger partial charge in [-0.1, -0.05) is 28.1 Å². The maximum absolute atomic E-state index is 11.5. The molecule has 1 amide bonds. The van der Waals surface area contributed by atoms with Crippen molar-refractivity contribution in [3.05, 3.63) is 34.3 Å². The topological polar surface area (TPSA) is 63.2 Å². The van der Waals surface area contributed by atoms with Gasteiger partial charge in [0.15, 0.2) is 5.78 Å². The smallest absolute Gasteiger partial charge is 0.245 e. The van der Waals surface area contributed by atoms with Gasteiger partial charge in [0, 0.05) is 18.6 Å². The van der Waals surface area contributed by atoms with Gasteiger partial charge >= 0.3 is 0 Å². The summed E-state index contributed by atoms with van der Waals surface area (Å²) in [6.45, 7) is -0.0820. The molecule has 0 spiro atoms. The molecule has 0 aliphatic rings. The van der Waals surface area contributed by atoms with Crippen LogP contribution in [0.4, 0.5) is 4.79 Å². The van der Waals surface area contributed by atoms with E-state index >= 15 is 0 Å². The summed E-state index contributed by atoms with van der Waals surface area (Å²) in [6.07, 6.45) is 0. The first-order valence-corrected chi connectivity index (χ1v) is 6.27. The zero-order chi connectivity index (χ0) is 12.0. The number of hydrogen-bond donors (Lipinski definition) is 1. The highest BCUT2D eigenvalue weighted by Crippen LogP contribution is 2.11. The number of amides is 1. The molecule has 0 saturated carbocycles. The summed E-state index contributed by atoms with van der Waals surface area (Å²) >= 11 is 3.26. The second kappa shape index (κ2) is 6.51. The van der Waals surface area contributed by atoms with Crippen LogP contribution in [-0.4, -0.2) is 24.0 Å². The maximum Gasteiger partial charge on any atom is 0.245 e. The van der Waals surface area contributed by atoms with E-state index in [9.17, 15) is 14.4 Å². The van der Waals surface area contributed by atoms with Crippen molar-refractivity contribution in [2.75, 3.05) is 6.54 Å². The van der Waals surface area contributed by atoms with Crippen LogP contribution >= 0.6 is 24.5 Å². The van der Waals surface area contributed by atoms with Gasteiger partial charge in [-0.3, -0.25) is 14.4 Å². The molecule has 1 N–H and O–H groups in total. The lowest BCUT2D eigenvalue weighted by atomic mass is 10.1. The Morgan fingerprint density at radius 3 is 2.50 bits per heavy atom. The average molecular weight is 302 g/mol. The first kappa shape index (κ1) is 13.0. The van der Waals surface area contributed by atoms with Gasteiger partial charge in [0.1, 0.15) is 6.03 Å². The largest absolute Gasteiger partial charge is 0.345 e. The zero-order valence-corrected chi connectivity index (χ0v) is 10.8. The van der Waals surface area contributed by atoms with Crippen LogP contribution in [0.2, 0.25) is 0 Å². The fourth-order valence-corrected chi connectivity index (χ4v) is 1.56. The Kier molecular flexibility index (Phi) is 5.29. The second-order valence-electron chi connectivity index (χ2n) is 2.87. The third kappa shape index (κ3) is 4.21. The lowest BCUT2D eigenvalue weighted by molar-refractivity contribution is 0.0994. The molecule has 1 unspecified atom stereocenters. The molecule has 0 heterocycles. The SMILES string of the molecule is O=CPC(=O)NCC(=O)c1ccc(Br)cc1. The summed E-state index contributed by atoms with van der Waals surface area (Å²) < 4.78 is 0.885. The van der Waals surface area contributed by atoms with Crippen LogP contribution in [0.15, 0.2) is 28.7 Å². The first-order valence-electron chi connectivity index (χ1n) is 4.40. The highest BCUT2D eigenvalue weighted by atomic mass is 79.9. The van der Waals surface area contributed by atoms with Crippen LogP contribution in [0.3, 0.4) is 0 Å². The molecule has 1 rings (SSSR count). The van der Waals surface area contributed by atoms with Crippen molar-refractivity contribution >= 4 is 42.0 Å². The summed E-state index contributed by atoms with van der Waals surface area (Å²) in [7, 11) is -0.446. The molecule has 0 bridgehead atoms. The van der Waals surface area contributed by atoms with E-state index in [0.29, 0.717) is 11.6 Å². The van der Waals surface area contributed by atoms with E-state index in [1.165, 1.54) is 0 Å². The number of nitrogens with one attached hydrogen (secondary N) is 1. The number of halogens is 1. The number of ketones is 1. The third-order valence-electron chi connectivity index (χ3n) is 1.77. The molecule has 4 nitrogen and oxygen atoms in total. The highest BCUT2D eigenvalue weighted by molar-refractivity contribution is 9.10. The van der Waals surface area contributed by atoms with E-state index in [1.54, 1.807) is 24.3 Å². The number of rotatable bonds is 5. The number of Topliss-reactive ketones (excluding diaryl/α,β-unsaturated/α-hetero) is 1. The number of benzene rings is 1. The van der Waals surface area contributed by atoms with Gasteiger partial charge in [-0.25, -0.2) is 0 Å². The molecule has 6 heteroatoms. The average Bonchev–Trinajstić information content (AvgIpc) is 2.27. The van der Waals surface area contributed by atoms with Crippen molar-refractivity contribution < 1.29 is 14.4 Å². The van der Waals surface area contributed by atoms with Crippen molar-refractivity contribution in [2.24, 2.45) is 0 Å². The quantitative estimate of drug-likeness (QED) is 0.515. The molecule has 1 aromatic rings. The van der Waals surface area contributed by atoms with Crippen molar-refractivity contribution in [2.45, 2.75) is 0 Å². The van der Waals surface area contributed by atoms with Crippen molar-refractivity contribution in [1.29, 1.82) is 0 Å². The summed E-state index contributed by atoms with van der Waals surface area (Å²) in [5.41, 5.74) is 0.110. The molecule has 0 radical (unpaired) electrons. The molecule has 1 aromatic carbocycles. The van der Waals surface area contributed by atoms with Gasteiger partial charge in [0.25, 0.3) is 0 Å². The van der Waals surface area contributed by atoms with Gasteiger partial charge in [-0.15, -0.1) is 0 Å². The monoisotopic (exact) mass is 301 g/mol. The molecule has 84 valence electrons. The maximum atomic E-state index is 11.5. The molecule has 0 aliphatic heterocycles. The van der Waals surface area contributed by atoms with Crippen LogP contribution in [0.1, 0.15) is 10.4 Å². The zero-order valence-electron chi connectivity index (χ0n) is 8.20. The van der Waals surface area contributed by atoms with E-state index in [2.05, 4.69) is 21.2 Å². The van der Waals surface area contributed by atoms with E-state index in [4.69, 9.17) is 0 Å².